The predicted octanol–water partition coefficient (Wildman–Crippen LogP) is 14.5. The summed E-state index contributed by atoms with van der Waals surface area (Å²) in [5.41, 5.74) is 13.7. The lowest BCUT2D eigenvalue weighted by Crippen LogP contribution is -2.07. The van der Waals surface area contributed by atoms with E-state index >= 15 is 0 Å². The highest BCUT2D eigenvalue weighted by atomic mass is 127. The van der Waals surface area contributed by atoms with E-state index in [2.05, 4.69) is 218 Å². The van der Waals surface area contributed by atoms with Crippen LogP contribution in [0.4, 0.5) is 0 Å². The molecule has 6 aromatic rings. The van der Waals surface area contributed by atoms with Gasteiger partial charge in [-0.2, -0.15) is 0 Å². The first kappa shape index (κ1) is 35.6. The summed E-state index contributed by atoms with van der Waals surface area (Å²) in [4.78, 5) is 1.97. The molecule has 1 aliphatic carbocycles. The van der Waals surface area contributed by atoms with Gasteiger partial charge in [-0.15, -0.1) is 0 Å². The third-order valence-corrected chi connectivity index (χ3v) is 9.47. The Balaban J connectivity index is 0.00000220. The van der Waals surface area contributed by atoms with E-state index < -0.39 is 0 Å². The molecule has 0 aliphatic heterocycles. The molecular weight excluding hydrogens is 727 g/mol. The standard InChI is InChI=1S/C49H40.CH3I/c1-3-4-8-24-42(40-32-30-38(31-33-40)37-20-10-6-11-21-37)49-36(2)19-9-5-14-25-45(46-28-17-18-29-48(46)49)47-35-34-41(39-22-12-7-13-23-39)43-26-15-16-27-44(43)47;1-2/h3-24,26-35,45H,1,25H2,2H3;1H3/b8-4-,14-5+,19-9-,42-24+,49-36+;. The molecule has 0 radical (unpaired) electrons. The van der Waals surface area contributed by atoms with Crippen LogP contribution in [0.2, 0.25) is 0 Å². The van der Waals surface area contributed by atoms with Crippen LogP contribution >= 0.6 is 22.6 Å². The third-order valence-electron chi connectivity index (χ3n) is 9.47. The van der Waals surface area contributed by atoms with Crippen molar-refractivity contribution in [1.29, 1.82) is 0 Å². The lowest BCUT2D eigenvalue weighted by molar-refractivity contribution is 0.834. The van der Waals surface area contributed by atoms with E-state index in [9.17, 15) is 0 Å². The van der Waals surface area contributed by atoms with Gasteiger partial charge in [-0.3, -0.25) is 0 Å². The first-order valence-electron chi connectivity index (χ1n) is 17.5. The first-order chi connectivity index (χ1) is 25.2. The fourth-order valence-corrected chi connectivity index (χ4v) is 7.12. The van der Waals surface area contributed by atoms with Crippen LogP contribution in [0.1, 0.15) is 41.5 Å². The van der Waals surface area contributed by atoms with Crippen molar-refractivity contribution >= 4 is 44.5 Å². The summed E-state index contributed by atoms with van der Waals surface area (Å²) in [5, 5.41) is 2.58. The lowest BCUT2D eigenvalue weighted by Gasteiger charge is -2.26. The van der Waals surface area contributed by atoms with Crippen LogP contribution < -0.4 is 0 Å². The molecule has 0 bridgehead atoms. The Bertz CT molecular complexity index is 2240. The number of rotatable bonds is 7. The monoisotopic (exact) mass is 770 g/mol. The maximum atomic E-state index is 3.94. The largest absolute Gasteiger partial charge is 0.0991 e. The van der Waals surface area contributed by atoms with Gasteiger partial charge < -0.3 is 0 Å². The topological polar surface area (TPSA) is 0 Å². The van der Waals surface area contributed by atoms with E-state index in [1.165, 1.54) is 72.0 Å². The number of hydrogen-bond acceptors (Lipinski definition) is 0. The van der Waals surface area contributed by atoms with E-state index in [-0.39, 0.29) is 5.92 Å². The van der Waals surface area contributed by atoms with E-state index in [1.807, 2.05) is 17.1 Å². The molecule has 0 aromatic heterocycles. The summed E-state index contributed by atoms with van der Waals surface area (Å²) in [6.07, 6.45) is 18.0. The molecule has 0 amide bonds. The molecule has 0 heterocycles. The van der Waals surface area contributed by atoms with Gasteiger partial charge in [0.15, 0.2) is 0 Å². The summed E-state index contributed by atoms with van der Waals surface area (Å²) < 4.78 is 0. The number of halogens is 1. The molecule has 0 fully saturated rings. The summed E-state index contributed by atoms with van der Waals surface area (Å²) >= 11 is 2.15. The van der Waals surface area contributed by atoms with Crippen molar-refractivity contribution in [2.45, 2.75) is 19.3 Å². The Morgan fingerprint density at radius 1 is 0.588 bits per heavy atom. The summed E-state index contributed by atoms with van der Waals surface area (Å²) in [6, 6.07) is 52.9. The van der Waals surface area contributed by atoms with Crippen LogP contribution in [0.5, 0.6) is 0 Å². The van der Waals surface area contributed by atoms with Gasteiger partial charge in [0, 0.05) is 5.92 Å². The van der Waals surface area contributed by atoms with Crippen molar-refractivity contribution in [3.63, 3.8) is 0 Å². The summed E-state index contributed by atoms with van der Waals surface area (Å²) in [5.74, 6) is 0.155. The highest BCUT2D eigenvalue weighted by Gasteiger charge is 2.24. The number of alkyl halides is 1. The van der Waals surface area contributed by atoms with Crippen molar-refractivity contribution in [3.8, 4) is 22.3 Å². The molecule has 1 heteroatoms. The molecule has 0 saturated carbocycles. The summed E-state index contributed by atoms with van der Waals surface area (Å²) in [7, 11) is 0. The minimum absolute atomic E-state index is 0.155. The van der Waals surface area contributed by atoms with Crippen molar-refractivity contribution < 1.29 is 0 Å². The lowest BCUT2D eigenvalue weighted by atomic mass is 9.78. The molecule has 1 unspecified atom stereocenters. The van der Waals surface area contributed by atoms with E-state index in [4.69, 9.17) is 0 Å². The molecule has 0 saturated heterocycles. The zero-order valence-electron chi connectivity index (χ0n) is 29.3. The fraction of sp³-hybridized carbons (Fsp3) is 0.0800. The van der Waals surface area contributed by atoms with Crippen LogP contribution in [-0.4, -0.2) is 4.93 Å². The zero-order chi connectivity index (χ0) is 35.4. The van der Waals surface area contributed by atoms with Crippen LogP contribution in [-0.2, 0) is 0 Å². The average molecular weight is 771 g/mol. The predicted molar refractivity (Wildman–Crippen MR) is 232 cm³/mol. The van der Waals surface area contributed by atoms with E-state index in [0.29, 0.717) is 0 Å². The molecule has 6 aromatic carbocycles. The minimum Gasteiger partial charge on any atom is -0.0991 e. The molecule has 51 heavy (non-hydrogen) atoms. The number of fused-ring (bicyclic) bond motifs is 2. The zero-order valence-corrected chi connectivity index (χ0v) is 31.5. The van der Waals surface area contributed by atoms with Crippen molar-refractivity contribution in [2.24, 2.45) is 0 Å². The fourth-order valence-electron chi connectivity index (χ4n) is 7.12. The van der Waals surface area contributed by atoms with Gasteiger partial charge in [0.2, 0.25) is 0 Å². The quantitative estimate of drug-likeness (QED) is 0.0862. The summed E-state index contributed by atoms with van der Waals surface area (Å²) in [6.45, 7) is 6.17. The van der Waals surface area contributed by atoms with Gasteiger partial charge in [-0.25, -0.2) is 0 Å². The smallest absolute Gasteiger partial charge is 0.0136 e. The normalized spacial score (nSPS) is 17.2. The van der Waals surface area contributed by atoms with Crippen LogP contribution in [0.25, 0.3) is 44.2 Å². The molecule has 7 rings (SSSR count). The van der Waals surface area contributed by atoms with E-state index in [0.717, 1.165) is 6.42 Å². The van der Waals surface area contributed by atoms with Gasteiger partial charge in [-0.05, 0) is 90.3 Å². The van der Waals surface area contributed by atoms with Gasteiger partial charge in [0.05, 0.1) is 0 Å². The maximum absolute atomic E-state index is 3.94. The Hall–Kier alpha value is -5.25. The minimum atomic E-state index is 0.155. The van der Waals surface area contributed by atoms with Gasteiger partial charge in [0.25, 0.3) is 0 Å². The second-order valence-corrected chi connectivity index (χ2v) is 12.5. The molecule has 1 aliphatic rings. The second-order valence-electron chi connectivity index (χ2n) is 12.5. The van der Waals surface area contributed by atoms with Crippen LogP contribution in [0.3, 0.4) is 0 Å². The molecule has 0 spiro atoms. The van der Waals surface area contributed by atoms with Gasteiger partial charge in [0.1, 0.15) is 0 Å². The molecule has 0 N–H and O–H groups in total. The van der Waals surface area contributed by atoms with Crippen LogP contribution in [0.15, 0.2) is 206 Å². The van der Waals surface area contributed by atoms with E-state index in [1.54, 1.807) is 0 Å². The average Bonchev–Trinajstić information content (AvgIpc) is 3.20. The number of hydrogen-bond donors (Lipinski definition) is 0. The van der Waals surface area contributed by atoms with Gasteiger partial charge in [-0.1, -0.05) is 223 Å². The molecule has 1 atom stereocenters. The second kappa shape index (κ2) is 17.6. The Labute approximate surface area is 317 Å². The Morgan fingerprint density at radius 3 is 1.94 bits per heavy atom. The van der Waals surface area contributed by atoms with Crippen molar-refractivity contribution in [3.05, 3.63) is 229 Å². The molecule has 250 valence electrons. The highest BCUT2D eigenvalue weighted by molar-refractivity contribution is 14.1. The number of allylic oxidation sites excluding steroid dienone is 11. The number of benzene rings is 6. The third kappa shape index (κ3) is 8.06. The Kier molecular flexibility index (Phi) is 12.3. The maximum Gasteiger partial charge on any atom is 0.0136 e. The molecular formula is C50H43I. The van der Waals surface area contributed by atoms with Crippen molar-refractivity contribution in [1.82, 2.24) is 0 Å². The SMILES string of the molecule is C=C\C=C/C=C(/C1=C(C)\C=C/C=C/CC(c2ccc(-c3ccccc3)c3ccccc23)c2ccccc21)c1ccc(-c2ccccc2)cc1.CI. The van der Waals surface area contributed by atoms with Crippen molar-refractivity contribution in [2.75, 3.05) is 4.93 Å². The molecule has 0 nitrogen and oxygen atoms in total. The first-order valence-corrected chi connectivity index (χ1v) is 19.6. The van der Waals surface area contributed by atoms with Gasteiger partial charge >= 0.3 is 0 Å². The Morgan fingerprint density at radius 2 is 1.22 bits per heavy atom. The van der Waals surface area contributed by atoms with Crippen LogP contribution in [0, 0.1) is 0 Å². The highest BCUT2D eigenvalue weighted by Crippen LogP contribution is 2.44.